The Bertz CT molecular complexity index is 1020. The molecule has 3 aromatic carbocycles. The smallest absolute Gasteiger partial charge is 0.303 e. The lowest BCUT2D eigenvalue weighted by molar-refractivity contribution is -0.136. The number of thiol groups is 1. The van der Waals surface area contributed by atoms with E-state index in [2.05, 4.69) is 49.4 Å². The number of aliphatic hydroxyl groups is 1. The van der Waals surface area contributed by atoms with Crippen molar-refractivity contribution >= 4 is 17.7 Å². The second-order valence-electron chi connectivity index (χ2n) is 7.64. The summed E-state index contributed by atoms with van der Waals surface area (Å²) in [7, 11) is 1.00. The van der Waals surface area contributed by atoms with E-state index in [-0.39, 0.29) is 6.42 Å². The first-order chi connectivity index (χ1) is 16.5. The summed E-state index contributed by atoms with van der Waals surface area (Å²) in [6.07, 6.45) is 2.46. The Morgan fingerprint density at radius 3 is 2.35 bits per heavy atom. The molecule has 0 fully saturated rings. The Morgan fingerprint density at radius 2 is 1.68 bits per heavy atom. The maximum absolute atomic E-state index is 10.8. The normalized spacial score (nSPS) is 10.2. The summed E-state index contributed by atoms with van der Waals surface area (Å²) in [6, 6.07) is 22.7. The average molecular weight is 484 g/mol. The molecule has 5 nitrogen and oxygen atoms in total. The van der Waals surface area contributed by atoms with Crippen LogP contribution in [0.3, 0.4) is 0 Å². The number of aliphatic carboxylic acids is 1. The molecule has 0 aliphatic carbocycles. The van der Waals surface area contributed by atoms with E-state index in [4.69, 9.17) is 19.7 Å². The van der Waals surface area contributed by atoms with Crippen LogP contribution in [0.25, 0.3) is 0 Å². The number of hydrogen-bond donors (Lipinski definition) is 2. The molecule has 0 amide bonds. The lowest BCUT2D eigenvalue weighted by Crippen LogP contribution is -2.06. The van der Waals surface area contributed by atoms with Crippen LogP contribution in [0.15, 0.2) is 76.5 Å². The molecular formula is C28H35O5S+. The maximum atomic E-state index is 10.8. The second-order valence-corrected chi connectivity index (χ2v) is 8.86. The van der Waals surface area contributed by atoms with Crippen molar-refractivity contribution in [2.24, 2.45) is 0 Å². The van der Waals surface area contributed by atoms with Gasteiger partial charge < -0.3 is 19.7 Å². The van der Waals surface area contributed by atoms with E-state index in [1.165, 1.54) is 15.4 Å². The lowest BCUT2D eigenvalue weighted by Gasteiger charge is -2.11. The fourth-order valence-corrected chi connectivity index (χ4v) is 4.42. The van der Waals surface area contributed by atoms with Crippen LogP contribution in [0.1, 0.15) is 36.5 Å². The van der Waals surface area contributed by atoms with Gasteiger partial charge in [0.15, 0.2) is 15.5 Å². The van der Waals surface area contributed by atoms with Gasteiger partial charge in [-0.25, -0.2) is 0 Å². The van der Waals surface area contributed by atoms with Crippen molar-refractivity contribution < 1.29 is 24.5 Å². The molecule has 0 spiro atoms. The molecule has 0 aromatic heterocycles. The lowest BCUT2D eigenvalue weighted by atomic mass is 10.0. The Morgan fingerprint density at radius 1 is 0.941 bits per heavy atom. The minimum Gasteiger partial charge on any atom is -0.493 e. The van der Waals surface area contributed by atoms with Crippen LogP contribution in [0, 0.1) is 6.92 Å². The van der Waals surface area contributed by atoms with Gasteiger partial charge in [-0.1, -0.05) is 37.3 Å². The second kappa shape index (κ2) is 15.0. The number of rotatable bonds is 12. The molecule has 3 aromatic rings. The van der Waals surface area contributed by atoms with Gasteiger partial charge in [-0.05, 0) is 66.8 Å². The van der Waals surface area contributed by atoms with E-state index in [0.29, 0.717) is 19.6 Å². The summed E-state index contributed by atoms with van der Waals surface area (Å²) >= 11 is 1.14. The highest BCUT2D eigenvalue weighted by Crippen LogP contribution is 2.26. The van der Waals surface area contributed by atoms with Crippen LogP contribution in [0.5, 0.6) is 11.5 Å². The summed E-state index contributed by atoms with van der Waals surface area (Å²) in [5, 5.41) is 15.8. The minimum absolute atomic E-state index is 0.142. The van der Waals surface area contributed by atoms with Gasteiger partial charge in [-0.2, -0.15) is 0 Å². The van der Waals surface area contributed by atoms with Crippen molar-refractivity contribution in [1.29, 1.82) is 0 Å². The summed E-state index contributed by atoms with van der Waals surface area (Å²) in [6.45, 7) is 5.29. The van der Waals surface area contributed by atoms with Crippen molar-refractivity contribution in [3.8, 4) is 11.5 Å². The van der Waals surface area contributed by atoms with Gasteiger partial charge in [0.05, 0.1) is 25.0 Å². The summed E-state index contributed by atoms with van der Waals surface area (Å²) in [5.41, 5.74) is 3.41. The molecule has 0 atom stereocenters. The molecule has 3 rings (SSSR count). The first kappa shape index (κ1) is 27.3. The SMILES string of the molecule is CCc1ccc(OCCCOc2ccc(CCC(=O)O)c(C)c2)c([SH+]c2ccccc2)c1.CO. The van der Waals surface area contributed by atoms with Crippen LogP contribution in [-0.2, 0) is 29.4 Å². The number of benzene rings is 3. The van der Waals surface area contributed by atoms with Crippen LogP contribution in [-0.4, -0.2) is 36.5 Å². The van der Waals surface area contributed by atoms with Crippen LogP contribution >= 0.6 is 0 Å². The summed E-state index contributed by atoms with van der Waals surface area (Å²) in [4.78, 5) is 13.2. The third kappa shape index (κ3) is 9.12. The minimum atomic E-state index is -0.777. The van der Waals surface area contributed by atoms with Crippen molar-refractivity contribution in [3.05, 3.63) is 83.4 Å². The molecule has 0 bridgehead atoms. The van der Waals surface area contributed by atoms with Gasteiger partial charge in [0.2, 0.25) is 0 Å². The van der Waals surface area contributed by atoms with Crippen LogP contribution < -0.4 is 9.47 Å². The highest BCUT2D eigenvalue weighted by Gasteiger charge is 2.15. The first-order valence-electron chi connectivity index (χ1n) is 11.5. The fourth-order valence-electron chi connectivity index (χ4n) is 3.35. The predicted octanol–water partition coefficient (Wildman–Crippen LogP) is 5.26. The largest absolute Gasteiger partial charge is 0.493 e. The Kier molecular flexibility index (Phi) is 12.1. The Labute approximate surface area is 206 Å². The van der Waals surface area contributed by atoms with E-state index >= 15 is 0 Å². The number of aliphatic hydroxyl groups excluding tert-OH is 1. The molecule has 182 valence electrons. The summed E-state index contributed by atoms with van der Waals surface area (Å²) < 4.78 is 12.0. The average Bonchev–Trinajstić information content (AvgIpc) is 2.85. The van der Waals surface area contributed by atoms with E-state index in [1.54, 1.807) is 0 Å². The zero-order valence-corrected chi connectivity index (χ0v) is 21.1. The van der Waals surface area contributed by atoms with Crippen LogP contribution in [0.4, 0.5) is 0 Å². The molecule has 0 aliphatic rings. The molecule has 0 saturated carbocycles. The Hall–Kier alpha value is -2.96. The molecule has 0 radical (unpaired) electrons. The number of aryl methyl sites for hydroxylation is 3. The van der Waals surface area contributed by atoms with E-state index < -0.39 is 5.97 Å². The van der Waals surface area contributed by atoms with Crippen molar-refractivity contribution in [3.63, 3.8) is 0 Å². The first-order valence-corrected chi connectivity index (χ1v) is 12.4. The third-order valence-electron chi connectivity index (χ3n) is 5.17. The number of carbonyl (C=O) groups is 1. The fraction of sp³-hybridized carbons (Fsp3) is 0.321. The molecule has 0 unspecified atom stereocenters. The van der Waals surface area contributed by atoms with Crippen molar-refractivity contribution in [1.82, 2.24) is 0 Å². The summed E-state index contributed by atoms with van der Waals surface area (Å²) in [5.74, 6) is 0.948. The maximum Gasteiger partial charge on any atom is 0.303 e. The quantitative estimate of drug-likeness (QED) is 0.209. The van der Waals surface area contributed by atoms with Gasteiger partial charge in [-0.15, -0.1) is 0 Å². The number of carboxylic acid groups (broad SMARTS) is 1. The number of hydrogen-bond acceptors (Lipinski definition) is 4. The van der Waals surface area contributed by atoms with Gasteiger partial charge in [0.25, 0.3) is 0 Å². The molecule has 0 saturated heterocycles. The van der Waals surface area contributed by atoms with Gasteiger partial charge in [0.1, 0.15) is 5.75 Å². The molecule has 2 N–H and O–H groups in total. The monoisotopic (exact) mass is 483 g/mol. The molecule has 6 heteroatoms. The van der Waals surface area contributed by atoms with E-state index in [0.717, 1.165) is 54.3 Å². The van der Waals surface area contributed by atoms with E-state index in [9.17, 15) is 4.79 Å². The third-order valence-corrected chi connectivity index (χ3v) is 6.32. The van der Waals surface area contributed by atoms with Crippen molar-refractivity contribution in [2.45, 2.75) is 49.3 Å². The molecule has 34 heavy (non-hydrogen) atoms. The highest BCUT2D eigenvalue weighted by atomic mass is 32.2. The molecule has 0 heterocycles. The van der Waals surface area contributed by atoms with Crippen molar-refractivity contribution in [2.75, 3.05) is 20.3 Å². The van der Waals surface area contributed by atoms with Gasteiger partial charge in [-0.3, -0.25) is 4.79 Å². The van der Waals surface area contributed by atoms with Gasteiger partial charge >= 0.3 is 5.97 Å². The van der Waals surface area contributed by atoms with E-state index in [1.807, 2.05) is 31.2 Å². The Balaban J connectivity index is 0.00000199. The predicted molar refractivity (Wildman–Crippen MR) is 138 cm³/mol. The molecule has 0 aliphatic heterocycles. The van der Waals surface area contributed by atoms with Gasteiger partial charge in [0, 0.05) is 26.0 Å². The number of carboxylic acids is 1. The molecular weight excluding hydrogens is 448 g/mol. The highest BCUT2D eigenvalue weighted by molar-refractivity contribution is 7.78. The zero-order chi connectivity index (χ0) is 24.8. The standard InChI is InChI=1S/C27H30O4S.CH4O/c1-3-21-10-14-25(26(19-21)32-24-8-5-4-6-9-24)31-17-7-16-30-23-13-11-22(20(2)18-23)12-15-27(28)29;1-2/h4-6,8-11,13-14,18-19H,3,7,12,15-17H2,1-2H3,(H,28,29);2H,1H3/p+1. The van der Waals surface area contributed by atoms with Crippen LogP contribution in [0.2, 0.25) is 0 Å². The topological polar surface area (TPSA) is 76.0 Å². The number of ether oxygens (including phenoxy) is 2. The zero-order valence-electron chi connectivity index (χ0n) is 20.2.